The number of para-hydroxylation sites is 1. The Bertz CT molecular complexity index is 1190. The first-order valence-electron chi connectivity index (χ1n) is 13.7. The third-order valence-electron chi connectivity index (χ3n) is 7.98. The lowest BCUT2D eigenvalue weighted by Gasteiger charge is -2.44. The Morgan fingerprint density at radius 1 is 1.13 bits per heavy atom. The van der Waals surface area contributed by atoms with Crippen LogP contribution in [0.3, 0.4) is 0 Å². The standard InChI is InChI=1S/C28H38N6O4/c1-4-29-26(37)30-23-22(17-34(31-23)21-9-6-5-7-10-21)24(35)32-15-11-20(12-16-32)33-14-8-13-28(19-33)18-27(2,3)38-25(28)36/h5-7,9-10,17,20H,4,8,11-16,18-19H2,1-3H3,(H2,29,30,31,37). The van der Waals surface area contributed by atoms with Crippen LogP contribution in [0, 0.1) is 5.41 Å². The number of likely N-dealkylation sites (tertiary alicyclic amines) is 2. The van der Waals surface area contributed by atoms with Gasteiger partial charge in [-0.05, 0) is 65.1 Å². The fourth-order valence-corrected chi connectivity index (χ4v) is 6.32. The number of piperidine rings is 2. The van der Waals surface area contributed by atoms with Gasteiger partial charge in [-0.25, -0.2) is 9.48 Å². The molecule has 3 fully saturated rings. The number of carbonyl (C=O) groups is 3. The molecule has 0 aliphatic carbocycles. The van der Waals surface area contributed by atoms with Crippen molar-refractivity contribution >= 4 is 23.7 Å². The smallest absolute Gasteiger partial charge is 0.320 e. The molecule has 10 heteroatoms. The van der Waals surface area contributed by atoms with Crippen LogP contribution < -0.4 is 10.6 Å². The van der Waals surface area contributed by atoms with Gasteiger partial charge in [-0.1, -0.05) is 18.2 Å². The van der Waals surface area contributed by atoms with Crippen LogP contribution in [-0.2, 0) is 9.53 Å². The Kier molecular flexibility index (Phi) is 7.17. The highest BCUT2D eigenvalue weighted by molar-refractivity contribution is 6.02. The number of hydrogen-bond donors (Lipinski definition) is 2. The molecule has 0 radical (unpaired) electrons. The third-order valence-corrected chi connectivity index (χ3v) is 7.98. The normalized spacial score (nSPS) is 23.9. The first-order valence-corrected chi connectivity index (χ1v) is 13.7. The minimum Gasteiger partial charge on any atom is -0.459 e. The second-order valence-corrected chi connectivity index (χ2v) is 11.4. The van der Waals surface area contributed by atoms with Crippen molar-refractivity contribution in [1.29, 1.82) is 0 Å². The van der Waals surface area contributed by atoms with E-state index >= 15 is 0 Å². The van der Waals surface area contributed by atoms with Crippen molar-refractivity contribution in [2.45, 2.75) is 64.5 Å². The van der Waals surface area contributed by atoms with Crippen LogP contribution in [0.15, 0.2) is 36.5 Å². The average molecular weight is 523 g/mol. The Balaban J connectivity index is 1.27. The Morgan fingerprint density at radius 2 is 1.87 bits per heavy atom. The van der Waals surface area contributed by atoms with Crippen LogP contribution in [0.1, 0.15) is 63.2 Å². The third kappa shape index (κ3) is 5.27. The van der Waals surface area contributed by atoms with Crippen molar-refractivity contribution in [3.05, 3.63) is 42.1 Å². The molecular weight excluding hydrogens is 484 g/mol. The Morgan fingerprint density at radius 3 is 2.53 bits per heavy atom. The van der Waals surface area contributed by atoms with E-state index in [1.807, 2.05) is 56.0 Å². The predicted molar refractivity (Wildman–Crippen MR) is 143 cm³/mol. The molecule has 2 N–H and O–H groups in total. The molecule has 3 saturated heterocycles. The van der Waals surface area contributed by atoms with E-state index in [9.17, 15) is 14.4 Å². The number of benzene rings is 1. The number of ether oxygens (including phenoxy) is 1. The molecule has 2 aromatic rings. The summed E-state index contributed by atoms with van der Waals surface area (Å²) in [5.74, 6) is 0.0447. The summed E-state index contributed by atoms with van der Waals surface area (Å²) in [5, 5.41) is 9.95. The molecule has 3 aliphatic heterocycles. The molecule has 0 bridgehead atoms. The largest absolute Gasteiger partial charge is 0.459 e. The maximum absolute atomic E-state index is 13.6. The first-order chi connectivity index (χ1) is 18.2. The minimum absolute atomic E-state index is 0.0534. The average Bonchev–Trinajstić information content (AvgIpc) is 3.41. The van der Waals surface area contributed by atoms with Gasteiger partial charge in [-0.15, -0.1) is 5.10 Å². The lowest BCUT2D eigenvalue weighted by molar-refractivity contribution is -0.154. The molecule has 5 rings (SSSR count). The van der Waals surface area contributed by atoms with Crippen LogP contribution in [0.5, 0.6) is 0 Å². The maximum atomic E-state index is 13.6. The molecule has 10 nitrogen and oxygen atoms in total. The van der Waals surface area contributed by atoms with Crippen LogP contribution in [0.2, 0.25) is 0 Å². The number of esters is 1. The first kappa shape index (κ1) is 26.2. The van der Waals surface area contributed by atoms with E-state index in [1.54, 1.807) is 10.9 Å². The number of rotatable bonds is 5. The molecule has 0 saturated carbocycles. The van der Waals surface area contributed by atoms with Gasteiger partial charge in [-0.3, -0.25) is 19.8 Å². The van der Waals surface area contributed by atoms with E-state index in [-0.39, 0.29) is 17.7 Å². The summed E-state index contributed by atoms with van der Waals surface area (Å²) in [5.41, 5.74) is 0.364. The summed E-state index contributed by atoms with van der Waals surface area (Å²) in [6.45, 7) is 9.22. The van der Waals surface area contributed by atoms with Gasteiger partial charge in [0.15, 0.2) is 5.82 Å². The molecule has 1 spiro atoms. The van der Waals surface area contributed by atoms with Crippen molar-refractivity contribution in [3.63, 3.8) is 0 Å². The number of urea groups is 1. The van der Waals surface area contributed by atoms with Gasteiger partial charge >= 0.3 is 12.0 Å². The Hall–Kier alpha value is -3.40. The van der Waals surface area contributed by atoms with E-state index in [2.05, 4.69) is 20.6 Å². The zero-order valence-corrected chi connectivity index (χ0v) is 22.5. The van der Waals surface area contributed by atoms with Crippen LogP contribution in [0.4, 0.5) is 10.6 Å². The highest BCUT2D eigenvalue weighted by Crippen LogP contribution is 2.46. The van der Waals surface area contributed by atoms with Gasteiger partial charge in [0.2, 0.25) is 0 Å². The molecule has 1 aromatic heterocycles. The molecule has 3 amide bonds. The summed E-state index contributed by atoms with van der Waals surface area (Å²) >= 11 is 0. The van der Waals surface area contributed by atoms with E-state index in [0.717, 1.165) is 50.9 Å². The van der Waals surface area contributed by atoms with Gasteiger partial charge in [0.05, 0.1) is 11.1 Å². The fourth-order valence-electron chi connectivity index (χ4n) is 6.32. The molecule has 1 unspecified atom stereocenters. The number of amides is 3. The molecule has 3 aliphatic rings. The predicted octanol–water partition coefficient (Wildman–Crippen LogP) is 3.43. The highest BCUT2D eigenvalue weighted by atomic mass is 16.6. The zero-order chi connectivity index (χ0) is 26.9. The summed E-state index contributed by atoms with van der Waals surface area (Å²) in [4.78, 5) is 43.0. The van der Waals surface area contributed by atoms with E-state index in [0.29, 0.717) is 31.2 Å². The maximum Gasteiger partial charge on any atom is 0.320 e. The summed E-state index contributed by atoms with van der Waals surface area (Å²) < 4.78 is 7.32. The lowest BCUT2D eigenvalue weighted by atomic mass is 9.74. The second-order valence-electron chi connectivity index (χ2n) is 11.4. The van der Waals surface area contributed by atoms with Crippen molar-refractivity contribution in [1.82, 2.24) is 24.9 Å². The van der Waals surface area contributed by atoms with Gasteiger partial charge in [0, 0.05) is 44.8 Å². The summed E-state index contributed by atoms with van der Waals surface area (Å²) in [6, 6.07) is 9.44. The molecule has 204 valence electrons. The van der Waals surface area contributed by atoms with Crippen LogP contribution in [-0.4, -0.2) is 81.9 Å². The SMILES string of the molecule is CCNC(=O)Nc1nn(-c2ccccc2)cc1C(=O)N1CCC(N2CCCC3(C2)CC(C)(C)OC3=O)CC1. The number of nitrogens with zero attached hydrogens (tertiary/aromatic N) is 4. The molecule has 1 aromatic carbocycles. The van der Waals surface area contributed by atoms with E-state index in [4.69, 9.17) is 4.74 Å². The number of nitrogens with one attached hydrogen (secondary N) is 2. The fraction of sp³-hybridized carbons (Fsp3) is 0.571. The monoisotopic (exact) mass is 522 g/mol. The van der Waals surface area contributed by atoms with E-state index in [1.165, 1.54) is 0 Å². The van der Waals surface area contributed by atoms with Gasteiger partial charge in [-0.2, -0.15) is 0 Å². The lowest BCUT2D eigenvalue weighted by Crippen LogP contribution is -2.53. The van der Waals surface area contributed by atoms with Gasteiger partial charge < -0.3 is 15.0 Å². The van der Waals surface area contributed by atoms with Crippen molar-refractivity contribution in [3.8, 4) is 5.69 Å². The minimum atomic E-state index is -0.403. The number of hydrogen-bond acceptors (Lipinski definition) is 6. The molecule has 4 heterocycles. The highest BCUT2D eigenvalue weighted by Gasteiger charge is 2.54. The van der Waals surface area contributed by atoms with Crippen LogP contribution >= 0.6 is 0 Å². The summed E-state index contributed by atoms with van der Waals surface area (Å²) in [6.07, 6.45) is 6.00. The quantitative estimate of drug-likeness (QED) is 0.583. The number of anilines is 1. The van der Waals surface area contributed by atoms with Gasteiger partial charge in [0.1, 0.15) is 11.2 Å². The zero-order valence-electron chi connectivity index (χ0n) is 22.5. The van der Waals surface area contributed by atoms with Crippen molar-refractivity contribution in [2.24, 2.45) is 5.41 Å². The van der Waals surface area contributed by atoms with E-state index < -0.39 is 17.0 Å². The summed E-state index contributed by atoms with van der Waals surface area (Å²) in [7, 11) is 0. The van der Waals surface area contributed by atoms with Crippen molar-refractivity contribution < 1.29 is 19.1 Å². The number of cyclic esters (lactones) is 1. The number of aromatic nitrogens is 2. The number of carbonyl (C=O) groups excluding carboxylic acids is 3. The second kappa shape index (κ2) is 10.4. The topological polar surface area (TPSA) is 109 Å². The Labute approximate surface area is 223 Å². The molecule has 1 atom stereocenters. The molecular formula is C28H38N6O4. The van der Waals surface area contributed by atoms with Gasteiger partial charge in [0.25, 0.3) is 5.91 Å². The van der Waals surface area contributed by atoms with Crippen molar-refractivity contribution in [2.75, 3.05) is 38.0 Å². The van der Waals surface area contributed by atoms with Crippen LogP contribution in [0.25, 0.3) is 5.69 Å². The molecule has 38 heavy (non-hydrogen) atoms.